The van der Waals surface area contributed by atoms with Gasteiger partial charge in [0.2, 0.25) is 11.8 Å². The fraction of sp³-hybridized carbons (Fsp3) is 0.200. The number of nitrogens with one attached hydrogen (secondary N) is 1. The number of thiophene rings is 1. The van der Waals surface area contributed by atoms with Crippen LogP contribution in [0.3, 0.4) is 0 Å². The molecular weight excluding hydrogens is 436 g/mol. The maximum absolute atomic E-state index is 13.1. The summed E-state index contributed by atoms with van der Waals surface area (Å²) in [5, 5.41) is 5.36. The highest BCUT2D eigenvalue weighted by atomic mass is 32.1. The standard InChI is InChI=1S/C25H24N4O3S/c1-16-4-6-18(7-5-16)21-14-33-24-23(21)25(32)29(15-26-24)13-12-22(31)27-19-8-10-20(11-9-19)28(3)17(2)30/h4-11,14-15H,12-13H2,1-3H3,(H,27,31). The normalized spacial score (nSPS) is 10.9. The molecule has 168 valence electrons. The van der Waals surface area contributed by atoms with E-state index in [1.54, 1.807) is 31.3 Å². The number of hydrogen-bond acceptors (Lipinski definition) is 5. The summed E-state index contributed by atoms with van der Waals surface area (Å²) in [6, 6.07) is 15.1. The number of fused-ring (bicyclic) bond motifs is 1. The van der Waals surface area contributed by atoms with Gasteiger partial charge in [0, 0.05) is 49.3 Å². The van der Waals surface area contributed by atoms with Gasteiger partial charge < -0.3 is 10.2 Å². The van der Waals surface area contributed by atoms with Gasteiger partial charge in [-0.25, -0.2) is 4.98 Å². The molecule has 0 aliphatic heterocycles. The van der Waals surface area contributed by atoms with Crippen LogP contribution in [0.5, 0.6) is 0 Å². The summed E-state index contributed by atoms with van der Waals surface area (Å²) in [4.78, 5) is 43.7. The second-order valence-electron chi connectivity index (χ2n) is 7.86. The van der Waals surface area contributed by atoms with E-state index >= 15 is 0 Å². The second-order valence-corrected chi connectivity index (χ2v) is 8.72. The van der Waals surface area contributed by atoms with Gasteiger partial charge in [-0.15, -0.1) is 11.3 Å². The van der Waals surface area contributed by atoms with Crippen LogP contribution in [0.15, 0.2) is 65.0 Å². The van der Waals surface area contributed by atoms with Crippen LogP contribution in [0.25, 0.3) is 21.3 Å². The lowest BCUT2D eigenvalue weighted by Gasteiger charge is -2.15. The van der Waals surface area contributed by atoms with Gasteiger partial charge in [-0.1, -0.05) is 29.8 Å². The number of hydrogen-bond donors (Lipinski definition) is 1. The number of nitrogens with zero attached hydrogens (tertiary/aromatic N) is 3. The van der Waals surface area contributed by atoms with E-state index in [4.69, 9.17) is 0 Å². The van der Waals surface area contributed by atoms with Crippen LogP contribution < -0.4 is 15.8 Å². The van der Waals surface area contributed by atoms with Crippen molar-refractivity contribution in [1.82, 2.24) is 9.55 Å². The molecule has 0 bridgehead atoms. The minimum Gasteiger partial charge on any atom is -0.326 e. The van der Waals surface area contributed by atoms with Gasteiger partial charge in [0.25, 0.3) is 5.56 Å². The summed E-state index contributed by atoms with van der Waals surface area (Å²) in [6.45, 7) is 3.74. The van der Waals surface area contributed by atoms with Crippen LogP contribution in [-0.2, 0) is 16.1 Å². The van der Waals surface area contributed by atoms with Crippen LogP contribution in [-0.4, -0.2) is 28.4 Å². The fourth-order valence-electron chi connectivity index (χ4n) is 3.47. The van der Waals surface area contributed by atoms with Crippen LogP contribution in [0.1, 0.15) is 18.9 Å². The number of aryl methyl sites for hydroxylation is 2. The first-order valence-corrected chi connectivity index (χ1v) is 11.4. The number of rotatable bonds is 6. The van der Waals surface area contributed by atoms with E-state index in [1.807, 2.05) is 36.6 Å². The zero-order valence-corrected chi connectivity index (χ0v) is 19.5. The first-order chi connectivity index (χ1) is 15.8. The lowest BCUT2D eigenvalue weighted by Crippen LogP contribution is -2.24. The van der Waals surface area contributed by atoms with Gasteiger partial charge >= 0.3 is 0 Å². The Balaban J connectivity index is 1.47. The number of carbonyl (C=O) groups excluding carboxylic acids is 2. The van der Waals surface area contributed by atoms with Gasteiger partial charge in [0.1, 0.15) is 4.83 Å². The van der Waals surface area contributed by atoms with Crippen molar-refractivity contribution in [3.8, 4) is 11.1 Å². The fourth-order valence-corrected chi connectivity index (χ4v) is 4.37. The summed E-state index contributed by atoms with van der Waals surface area (Å²) >= 11 is 1.44. The Kier molecular flexibility index (Phi) is 6.37. The van der Waals surface area contributed by atoms with Crippen molar-refractivity contribution in [2.45, 2.75) is 26.8 Å². The zero-order chi connectivity index (χ0) is 23.5. The van der Waals surface area contributed by atoms with Crippen molar-refractivity contribution in [3.05, 3.63) is 76.2 Å². The van der Waals surface area contributed by atoms with Gasteiger partial charge in [0.05, 0.1) is 11.7 Å². The number of anilines is 2. The number of benzene rings is 2. The summed E-state index contributed by atoms with van der Waals surface area (Å²) in [5.74, 6) is -0.280. The highest BCUT2D eigenvalue weighted by molar-refractivity contribution is 7.17. The lowest BCUT2D eigenvalue weighted by molar-refractivity contribution is -0.117. The monoisotopic (exact) mass is 460 g/mol. The van der Waals surface area contributed by atoms with E-state index < -0.39 is 0 Å². The minimum absolute atomic E-state index is 0.0704. The first kappa shape index (κ1) is 22.4. The molecule has 2 aromatic carbocycles. The highest BCUT2D eigenvalue weighted by Gasteiger charge is 2.14. The molecule has 2 heterocycles. The van der Waals surface area contributed by atoms with Crippen molar-refractivity contribution < 1.29 is 9.59 Å². The van der Waals surface area contributed by atoms with E-state index in [1.165, 1.54) is 34.1 Å². The molecule has 7 nitrogen and oxygen atoms in total. The van der Waals surface area contributed by atoms with Crippen LogP contribution in [0.4, 0.5) is 11.4 Å². The molecule has 1 N–H and O–H groups in total. The number of carbonyl (C=O) groups is 2. The topological polar surface area (TPSA) is 84.3 Å². The van der Waals surface area contributed by atoms with Gasteiger partial charge in [-0.05, 0) is 36.8 Å². The molecule has 2 aromatic heterocycles. The van der Waals surface area contributed by atoms with Crippen molar-refractivity contribution in [2.75, 3.05) is 17.3 Å². The summed E-state index contributed by atoms with van der Waals surface area (Å²) in [7, 11) is 1.69. The first-order valence-electron chi connectivity index (χ1n) is 10.5. The molecule has 0 saturated heterocycles. The van der Waals surface area contributed by atoms with Crippen LogP contribution in [0.2, 0.25) is 0 Å². The van der Waals surface area contributed by atoms with Crippen LogP contribution in [0, 0.1) is 6.92 Å². The van der Waals surface area contributed by atoms with Gasteiger partial charge in [-0.3, -0.25) is 19.0 Å². The van der Waals surface area contributed by atoms with Crippen molar-refractivity contribution in [1.29, 1.82) is 0 Å². The lowest BCUT2D eigenvalue weighted by atomic mass is 10.1. The SMILES string of the molecule is CC(=O)N(C)c1ccc(NC(=O)CCn2cnc3scc(-c4ccc(C)cc4)c3c2=O)cc1. The predicted molar refractivity (Wildman–Crippen MR) is 133 cm³/mol. The molecule has 0 saturated carbocycles. The molecule has 0 spiro atoms. The van der Waals surface area contributed by atoms with Crippen LogP contribution >= 0.6 is 11.3 Å². The molecule has 4 rings (SSSR count). The molecule has 33 heavy (non-hydrogen) atoms. The third kappa shape index (κ3) is 4.85. The Morgan fingerprint density at radius 1 is 1.09 bits per heavy atom. The molecule has 0 fully saturated rings. The van der Waals surface area contributed by atoms with E-state index in [9.17, 15) is 14.4 Å². The van der Waals surface area contributed by atoms with E-state index in [0.717, 1.165) is 22.4 Å². The van der Waals surface area contributed by atoms with E-state index in [2.05, 4.69) is 10.3 Å². The molecule has 8 heteroatoms. The average molecular weight is 461 g/mol. The largest absolute Gasteiger partial charge is 0.326 e. The molecule has 0 aliphatic carbocycles. The zero-order valence-electron chi connectivity index (χ0n) is 18.7. The molecule has 0 aliphatic rings. The average Bonchev–Trinajstić information content (AvgIpc) is 3.24. The molecular formula is C25H24N4O3S. The minimum atomic E-state index is -0.209. The van der Waals surface area contributed by atoms with Gasteiger partial charge in [-0.2, -0.15) is 0 Å². The maximum Gasteiger partial charge on any atom is 0.262 e. The predicted octanol–water partition coefficient (Wildman–Crippen LogP) is 4.44. The quantitative estimate of drug-likeness (QED) is 0.461. The third-order valence-electron chi connectivity index (χ3n) is 5.51. The van der Waals surface area contributed by atoms with Gasteiger partial charge in [0.15, 0.2) is 0 Å². The van der Waals surface area contributed by atoms with E-state index in [-0.39, 0.29) is 30.3 Å². The second kappa shape index (κ2) is 9.38. The Bertz CT molecular complexity index is 1370. The molecule has 4 aromatic rings. The Hall–Kier alpha value is -3.78. The molecule has 0 radical (unpaired) electrons. The van der Waals surface area contributed by atoms with Crippen molar-refractivity contribution in [2.24, 2.45) is 0 Å². The van der Waals surface area contributed by atoms with E-state index in [0.29, 0.717) is 15.9 Å². The Labute approximate surface area is 195 Å². The van der Waals surface area contributed by atoms with Crippen molar-refractivity contribution >= 4 is 44.7 Å². The summed E-state index contributed by atoms with van der Waals surface area (Å²) < 4.78 is 1.48. The third-order valence-corrected chi connectivity index (χ3v) is 6.40. The number of amides is 2. The molecule has 0 unspecified atom stereocenters. The Morgan fingerprint density at radius 2 is 1.79 bits per heavy atom. The maximum atomic E-state index is 13.1. The van der Waals surface area contributed by atoms with Crippen molar-refractivity contribution in [3.63, 3.8) is 0 Å². The molecule has 2 amide bonds. The highest BCUT2D eigenvalue weighted by Crippen LogP contribution is 2.30. The smallest absolute Gasteiger partial charge is 0.262 e. The molecule has 0 atom stereocenters. The summed E-state index contributed by atoms with van der Waals surface area (Å²) in [5.41, 5.74) is 4.20. The number of aromatic nitrogens is 2. The summed E-state index contributed by atoms with van der Waals surface area (Å²) in [6.07, 6.45) is 1.63. The Morgan fingerprint density at radius 3 is 2.45 bits per heavy atom.